The predicted octanol–water partition coefficient (Wildman–Crippen LogP) is 6.44. The molecule has 2 fully saturated rings. The molecular formula is C20H40O2Si. The Kier molecular flexibility index (Phi) is 8.10. The number of rotatable bonds is 9. The molecule has 1 unspecified atom stereocenters. The third-order valence-corrected chi connectivity index (χ3v) is 10.8. The van der Waals surface area contributed by atoms with Gasteiger partial charge in [0.15, 0.2) is 0 Å². The molecule has 0 N–H and O–H groups in total. The van der Waals surface area contributed by atoms with E-state index in [4.69, 9.17) is 8.85 Å². The quantitative estimate of drug-likeness (QED) is 0.449. The van der Waals surface area contributed by atoms with Gasteiger partial charge in [-0.05, 0) is 50.4 Å². The van der Waals surface area contributed by atoms with Crippen molar-refractivity contribution in [3.05, 3.63) is 0 Å². The molecule has 2 rings (SSSR count). The lowest BCUT2D eigenvalue weighted by Gasteiger charge is -2.44. The SMILES string of the molecule is CCCO[Si](OCCC(C)C)(C1CCCC1)C1CCC(C)CC1. The molecule has 0 heterocycles. The van der Waals surface area contributed by atoms with E-state index in [0.717, 1.165) is 42.6 Å². The highest BCUT2D eigenvalue weighted by Crippen LogP contribution is 2.51. The summed E-state index contributed by atoms with van der Waals surface area (Å²) in [5.74, 6) is 1.63. The van der Waals surface area contributed by atoms with Crippen LogP contribution in [-0.4, -0.2) is 21.8 Å². The Morgan fingerprint density at radius 2 is 1.43 bits per heavy atom. The molecule has 2 aliphatic carbocycles. The highest BCUT2D eigenvalue weighted by Gasteiger charge is 2.53. The molecule has 0 saturated heterocycles. The minimum atomic E-state index is -2.08. The molecule has 2 saturated carbocycles. The van der Waals surface area contributed by atoms with Gasteiger partial charge in [0.05, 0.1) is 0 Å². The van der Waals surface area contributed by atoms with Gasteiger partial charge in [-0.3, -0.25) is 0 Å². The Bertz CT molecular complexity index is 320. The average Bonchev–Trinajstić information content (AvgIpc) is 3.06. The van der Waals surface area contributed by atoms with E-state index in [-0.39, 0.29) is 0 Å². The Balaban J connectivity index is 2.13. The molecule has 0 bridgehead atoms. The highest BCUT2D eigenvalue weighted by atomic mass is 28.4. The summed E-state index contributed by atoms with van der Waals surface area (Å²) in [5, 5.41) is 0. The van der Waals surface area contributed by atoms with Crippen molar-refractivity contribution >= 4 is 8.56 Å². The fourth-order valence-corrected chi connectivity index (χ4v) is 9.56. The normalized spacial score (nSPS) is 29.1. The summed E-state index contributed by atoms with van der Waals surface area (Å²) in [6.45, 7) is 11.1. The van der Waals surface area contributed by atoms with Gasteiger partial charge >= 0.3 is 8.56 Å². The van der Waals surface area contributed by atoms with Crippen molar-refractivity contribution in [2.75, 3.05) is 13.2 Å². The molecule has 3 heteroatoms. The van der Waals surface area contributed by atoms with Crippen molar-refractivity contribution < 1.29 is 8.85 Å². The van der Waals surface area contributed by atoms with Gasteiger partial charge in [0.1, 0.15) is 0 Å². The Hall–Kier alpha value is 0.137. The maximum absolute atomic E-state index is 6.82. The molecule has 2 aliphatic rings. The van der Waals surface area contributed by atoms with Gasteiger partial charge in [0.2, 0.25) is 0 Å². The molecule has 0 aromatic carbocycles. The third kappa shape index (κ3) is 5.30. The molecule has 0 spiro atoms. The molecule has 2 nitrogen and oxygen atoms in total. The number of hydrogen-bond donors (Lipinski definition) is 0. The molecule has 23 heavy (non-hydrogen) atoms. The molecule has 0 radical (unpaired) electrons. The summed E-state index contributed by atoms with van der Waals surface area (Å²) >= 11 is 0. The second-order valence-electron chi connectivity index (χ2n) is 8.54. The van der Waals surface area contributed by atoms with E-state index in [1.165, 1.54) is 57.8 Å². The summed E-state index contributed by atoms with van der Waals surface area (Å²) in [6, 6.07) is 0. The first kappa shape index (κ1) is 19.5. The largest absolute Gasteiger partial charge is 0.394 e. The smallest absolute Gasteiger partial charge is 0.344 e. The Morgan fingerprint density at radius 3 is 2.00 bits per heavy atom. The van der Waals surface area contributed by atoms with Crippen LogP contribution >= 0.6 is 0 Å². The van der Waals surface area contributed by atoms with Crippen LogP contribution in [0, 0.1) is 11.8 Å². The average molecular weight is 341 g/mol. The van der Waals surface area contributed by atoms with E-state index in [9.17, 15) is 0 Å². The minimum Gasteiger partial charge on any atom is -0.394 e. The Morgan fingerprint density at radius 1 is 0.870 bits per heavy atom. The molecule has 1 atom stereocenters. The van der Waals surface area contributed by atoms with Gasteiger partial charge in [0.25, 0.3) is 0 Å². The second-order valence-corrected chi connectivity index (χ2v) is 12.2. The van der Waals surface area contributed by atoms with E-state index in [1.54, 1.807) is 0 Å². The first-order valence-electron chi connectivity index (χ1n) is 10.4. The summed E-state index contributed by atoms with van der Waals surface area (Å²) < 4.78 is 13.6. The minimum absolute atomic E-state index is 0.725. The van der Waals surface area contributed by atoms with Crippen molar-refractivity contribution in [3.63, 3.8) is 0 Å². The van der Waals surface area contributed by atoms with Gasteiger partial charge in [0, 0.05) is 24.3 Å². The maximum Gasteiger partial charge on any atom is 0.344 e. The molecule has 0 aliphatic heterocycles. The van der Waals surface area contributed by atoms with Crippen LogP contribution in [-0.2, 0) is 8.85 Å². The summed E-state index contributed by atoms with van der Waals surface area (Å²) in [7, 11) is -2.08. The van der Waals surface area contributed by atoms with E-state index >= 15 is 0 Å². The predicted molar refractivity (Wildman–Crippen MR) is 101 cm³/mol. The van der Waals surface area contributed by atoms with Crippen molar-refractivity contribution in [2.24, 2.45) is 11.8 Å². The molecule has 0 aromatic rings. The van der Waals surface area contributed by atoms with E-state index in [1.807, 2.05) is 0 Å². The summed E-state index contributed by atoms with van der Waals surface area (Å²) in [6.07, 6.45) is 13.3. The van der Waals surface area contributed by atoms with Crippen molar-refractivity contribution in [2.45, 2.75) is 103 Å². The van der Waals surface area contributed by atoms with Crippen LogP contribution in [0.25, 0.3) is 0 Å². The van der Waals surface area contributed by atoms with Crippen LogP contribution in [0.2, 0.25) is 11.1 Å². The van der Waals surface area contributed by atoms with Crippen LogP contribution in [0.3, 0.4) is 0 Å². The first-order chi connectivity index (χ1) is 11.1. The van der Waals surface area contributed by atoms with Gasteiger partial charge in [-0.1, -0.05) is 53.4 Å². The fourth-order valence-electron chi connectivity index (χ4n) is 4.55. The van der Waals surface area contributed by atoms with E-state index < -0.39 is 8.56 Å². The first-order valence-corrected chi connectivity index (χ1v) is 12.3. The fraction of sp³-hybridized carbons (Fsp3) is 1.00. The van der Waals surface area contributed by atoms with Crippen molar-refractivity contribution in [1.82, 2.24) is 0 Å². The monoisotopic (exact) mass is 340 g/mol. The molecule has 0 amide bonds. The van der Waals surface area contributed by atoms with Crippen LogP contribution < -0.4 is 0 Å². The Labute approximate surface area is 146 Å². The van der Waals surface area contributed by atoms with Gasteiger partial charge in [-0.25, -0.2) is 0 Å². The number of hydrogen-bond acceptors (Lipinski definition) is 2. The lowest BCUT2D eigenvalue weighted by molar-refractivity contribution is 0.131. The topological polar surface area (TPSA) is 18.5 Å². The van der Waals surface area contributed by atoms with Gasteiger partial charge < -0.3 is 8.85 Å². The van der Waals surface area contributed by atoms with E-state index in [0.29, 0.717) is 0 Å². The second kappa shape index (κ2) is 9.58. The lowest BCUT2D eigenvalue weighted by atomic mass is 9.90. The maximum atomic E-state index is 6.82. The summed E-state index contributed by atoms with van der Waals surface area (Å²) in [5.41, 5.74) is 1.51. The van der Waals surface area contributed by atoms with Gasteiger partial charge in [-0.2, -0.15) is 0 Å². The molecular weight excluding hydrogens is 300 g/mol. The summed E-state index contributed by atoms with van der Waals surface area (Å²) in [4.78, 5) is 0. The molecule has 136 valence electrons. The zero-order valence-corrected chi connectivity index (χ0v) is 17.1. The highest BCUT2D eigenvalue weighted by molar-refractivity contribution is 6.70. The van der Waals surface area contributed by atoms with Crippen molar-refractivity contribution in [3.8, 4) is 0 Å². The van der Waals surface area contributed by atoms with Gasteiger partial charge in [-0.15, -0.1) is 0 Å². The van der Waals surface area contributed by atoms with Crippen LogP contribution in [0.1, 0.15) is 91.9 Å². The molecule has 0 aromatic heterocycles. The van der Waals surface area contributed by atoms with E-state index in [2.05, 4.69) is 27.7 Å². The third-order valence-electron chi connectivity index (χ3n) is 6.06. The zero-order valence-electron chi connectivity index (χ0n) is 16.1. The lowest BCUT2D eigenvalue weighted by Crippen LogP contribution is -2.52. The van der Waals surface area contributed by atoms with Crippen LogP contribution in [0.4, 0.5) is 0 Å². The zero-order chi connectivity index (χ0) is 16.7. The van der Waals surface area contributed by atoms with Crippen LogP contribution in [0.15, 0.2) is 0 Å². The van der Waals surface area contributed by atoms with Crippen LogP contribution in [0.5, 0.6) is 0 Å². The standard InChI is InChI=1S/C20H40O2Si/c1-5-15-21-23(19-8-6-7-9-19,22-16-14-17(2)3)20-12-10-18(4)11-13-20/h17-20H,5-16H2,1-4H3. The van der Waals surface area contributed by atoms with Crippen molar-refractivity contribution in [1.29, 1.82) is 0 Å².